The van der Waals surface area contributed by atoms with Gasteiger partial charge in [-0.05, 0) is 25.1 Å². The van der Waals surface area contributed by atoms with Gasteiger partial charge in [0.05, 0.1) is 27.0 Å². The molecule has 7 nitrogen and oxygen atoms in total. The number of carbonyl (C=O) groups is 2. The summed E-state index contributed by atoms with van der Waals surface area (Å²) < 4.78 is 1.62. The molecule has 2 aromatic heterocycles. The van der Waals surface area contributed by atoms with Crippen LogP contribution in [0.15, 0.2) is 30.5 Å². The van der Waals surface area contributed by atoms with Crippen LogP contribution >= 0.6 is 23.2 Å². The number of rotatable bonds is 2. The molecule has 0 spiro atoms. The number of benzene rings is 1. The predicted molar refractivity (Wildman–Crippen MR) is 96.2 cm³/mol. The molecule has 0 aliphatic heterocycles. The topological polar surface area (TPSA) is 88.9 Å². The highest BCUT2D eigenvalue weighted by Gasteiger charge is 2.16. The number of nitrogens with zero attached hydrogens (tertiary/aromatic N) is 3. The van der Waals surface area contributed by atoms with Crippen LogP contribution in [0, 0.1) is 6.92 Å². The number of halogens is 2. The van der Waals surface area contributed by atoms with Gasteiger partial charge < -0.3 is 5.32 Å². The highest BCUT2D eigenvalue weighted by atomic mass is 35.5. The van der Waals surface area contributed by atoms with E-state index in [2.05, 4.69) is 20.7 Å². The molecule has 0 bridgehead atoms. The third-order valence-electron chi connectivity index (χ3n) is 3.55. The molecular formula is C16H13Cl2N5O2. The van der Waals surface area contributed by atoms with Crippen molar-refractivity contribution in [3.05, 3.63) is 51.8 Å². The summed E-state index contributed by atoms with van der Waals surface area (Å²) in [7, 11) is 1.77. The number of carbonyl (C=O) groups excluding carboxylic acids is 2. The summed E-state index contributed by atoms with van der Waals surface area (Å²) in [5.41, 5.74) is 1.87. The standard InChI is InChI=1S/C16H13Cl2N5O2/c1-8-10-6-9(7-19-14(10)23(2)22-8)15(24)21-16(25)20-13-11(17)4-3-5-12(13)18/h3-7H,1-2H3,(H2,20,21,24,25). The van der Waals surface area contributed by atoms with Crippen molar-refractivity contribution >= 4 is 51.9 Å². The first-order valence-electron chi connectivity index (χ1n) is 7.22. The van der Waals surface area contributed by atoms with Crippen LogP contribution in [0.5, 0.6) is 0 Å². The minimum atomic E-state index is -0.747. The summed E-state index contributed by atoms with van der Waals surface area (Å²) in [6, 6.07) is 5.69. The normalized spacial score (nSPS) is 10.7. The number of imide groups is 1. The van der Waals surface area contributed by atoms with Crippen LogP contribution in [0.25, 0.3) is 11.0 Å². The predicted octanol–water partition coefficient (Wildman–Crippen LogP) is 3.55. The first kappa shape index (κ1) is 17.2. The lowest BCUT2D eigenvalue weighted by Gasteiger charge is -2.09. The quantitative estimate of drug-likeness (QED) is 0.714. The van der Waals surface area contributed by atoms with Gasteiger partial charge in [0, 0.05) is 18.6 Å². The molecule has 2 heterocycles. The molecule has 25 heavy (non-hydrogen) atoms. The average molecular weight is 378 g/mol. The van der Waals surface area contributed by atoms with E-state index in [0.717, 1.165) is 11.1 Å². The first-order chi connectivity index (χ1) is 11.9. The second-order valence-electron chi connectivity index (χ2n) is 5.31. The molecule has 3 amide bonds. The van der Waals surface area contributed by atoms with Gasteiger partial charge in [-0.1, -0.05) is 29.3 Å². The lowest BCUT2D eigenvalue weighted by atomic mass is 10.2. The monoisotopic (exact) mass is 377 g/mol. The van der Waals surface area contributed by atoms with Crippen molar-refractivity contribution in [3.8, 4) is 0 Å². The summed E-state index contributed by atoms with van der Waals surface area (Å²) in [4.78, 5) is 28.5. The second kappa shape index (κ2) is 6.70. The van der Waals surface area contributed by atoms with E-state index in [1.807, 2.05) is 6.92 Å². The Morgan fingerprint density at radius 1 is 1.20 bits per heavy atom. The summed E-state index contributed by atoms with van der Waals surface area (Å²) in [5.74, 6) is -0.599. The summed E-state index contributed by atoms with van der Waals surface area (Å²) in [6.07, 6.45) is 1.38. The molecule has 128 valence electrons. The van der Waals surface area contributed by atoms with Crippen molar-refractivity contribution in [1.29, 1.82) is 0 Å². The second-order valence-corrected chi connectivity index (χ2v) is 6.12. The minimum Gasteiger partial charge on any atom is -0.305 e. The number of anilines is 1. The smallest absolute Gasteiger partial charge is 0.305 e. The molecule has 0 saturated heterocycles. The molecule has 0 aliphatic carbocycles. The van der Waals surface area contributed by atoms with Crippen molar-refractivity contribution in [2.45, 2.75) is 6.92 Å². The van der Waals surface area contributed by atoms with Crippen LogP contribution in [-0.2, 0) is 7.05 Å². The van der Waals surface area contributed by atoms with E-state index in [-0.39, 0.29) is 21.3 Å². The van der Waals surface area contributed by atoms with E-state index in [1.165, 1.54) is 6.20 Å². The van der Waals surface area contributed by atoms with Crippen molar-refractivity contribution in [3.63, 3.8) is 0 Å². The molecule has 9 heteroatoms. The number of urea groups is 1. The third kappa shape index (κ3) is 3.42. The lowest BCUT2D eigenvalue weighted by molar-refractivity contribution is 0.0967. The van der Waals surface area contributed by atoms with E-state index in [0.29, 0.717) is 5.65 Å². The summed E-state index contributed by atoms with van der Waals surface area (Å²) >= 11 is 12.0. The Bertz CT molecular complexity index is 979. The van der Waals surface area contributed by atoms with Crippen molar-refractivity contribution in [2.75, 3.05) is 5.32 Å². The Morgan fingerprint density at radius 2 is 1.88 bits per heavy atom. The van der Waals surface area contributed by atoms with Crippen molar-refractivity contribution < 1.29 is 9.59 Å². The number of pyridine rings is 1. The van der Waals surface area contributed by atoms with Gasteiger partial charge in [-0.2, -0.15) is 5.10 Å². The zero-order valence-electron chi connectivity index (χ0n) is 13.3. The van der Waals surface area contributed by atoms with Gasteiger partial charge in [0.25, 0.3) is 5.91 Å². The molecule has 0 aliphatic rings. The van der Waals surface area contributed by atoms with Gasteiger partial charge in [0.15, 0.2) is 5.65 Å². The van der Waals surface area contributed by atoms with E-state index in [9.17, 15) is 9.59 Å². The fraction of sp³-hybridized carbons (Fsp3) is 0.125. The fourth-order valence-electron chi connectivity index (χ4n) is 2.37. The fourth-order valence-corrected chi connectivity index (χ4v) is 2.86. The Labute approximate surface area is 152 Å². The molecule has 3 rings (SSSR count). The Morgan fingerprint density at radius 3 is 2.56 bits per heavy atom. The van der Waals surface area contributed by atoms with Crippen LogP contribution in [0.1, 0.15) is 16.1 Å². The SMILES string of the molecule is Cc1nn(C)c2ncc(C(=O)NC(=O)Nc3c(Cl)cccc3Cl)cc12. The number of fused-ring (bicyclic) bond motifs is 1. The Kier molecular flexibility index (Phi) is 4.61. The maximum atomic E-state index is 12.3. The van der Waals surface area contributed by atoms with Gasteiger partial charge in [-0.15, -0.1) is 0 Å². The number of hydrogen-bond donors (Lipinski definition) is 2. The molecule has 0 fully saturated rings. The zero-order chi connectivity index (χ0) is 18.1. The maximum Gasteiger partial charge on any atom is 0.326 e. The molecule has 0 radical (unpaired) electrons. The van der Waals surface area contributed by atoms with E-state index >= 15 is 0 Å². The maximum absolute atomic E-state index is 12.3. The van der Waals surface area contributed by atoms with Crippen LogP contribution in [0.3, 0.4) is 0 Å². The van der Waals surface area contributed by atoms with Crippen LogP contribution in [0.4, 0.5) is 10.5 Å². The third-order valence-corrected chi connectivity index (χ3v) is 4.18. The average Bonchev–Trinajstić information content (AvgIpc) is 2.85. The Balaban J connectivity index is 1.78. The van der Waals surface area contributed by atoms with Gasteiger partial charge in [0.1, 0.15) is 0 Å². The minimum absolute atomic E-state index is 0.229. The zero-order valence-corrected chi connectivity index (χ0v) is 14.8. The van der Waals surface area contributed by atoms with Crippen LogP contribution in [-0.4, -0.2) is 26.7 Å². The Hall–Kier alpha value is -2.64. The number of nitrogens with one attached hydrogen (secondary N) is 2. The van der Waals surface area contributed by atoms with E-state index in [1.54, 1.807) is 36.0 Å². The largest absolute Gasteiger partial charge is 0.326 e. The first-order valence-corrected chi connectivity index (χ1v) is 7.98. The highest BCUT2D eigenvalue weighted by Crippen LogP contribution is 2.29. The molecule has 0 atom stereocenters. The molecule has 3 aromatic rings. The van der Waals surface area contributed by atoms with Gasteiger partial charge >= 0.3 is 6.03 Å². The van der Waals surface area contributed by atoms with E-state index in [4.69, 9.17) is 23.2 Å². The summed E-state index contributed by atoms with van der Waals surface area (Å²) in [6.45, 7) is 1.82. The van der Waals surface area contributed by atoms with Crippen LogP contribution in [0.2, 0.25) is 10.0 Å². The number of aryl methyl sites for hydroxylation is 2. The number of aromatic nitrogens is 3. The number of hydrogen-bond acceptors (Lipinski definition) is 4. The van der Waals surface area contributed by atoms with Gasteiger partial charge in [0.2, 0.25) is 0 Å². The molecule has 0 unspecified atom stereocenters. The van der Waals surface area contributed by atoms with E-state index < -0.39 is 11.9 Å². The van der Waals surface area contributed by atoms with Crippen LogP contribution < -0.4 is 10.6 Å². The number of amides is 3. The molecule has 1 aromatic carbocycles. The van der Waals surface area contributed by atoms with Crippen molar-refractivity contribution in [2.24, 2.45) is 7.05 Å². The van der Waals surface area contributed by atoms with Gasteiger partial charge in [-0.25, -0.2) is 9.78 Å². The molecule has 0 saturated carbocycles. The van der Waals surface area contributed by atoms with Crippen molar-refractivity contribution in [1.82, 2.24) is 20.1 Å². The number of para-hydroxylation sites is 1. The summed E-state index contributed by atoms with van der Waals surface area (Å²) in [5, 5.41) is 10.2. The van der Waals surface area contributed by atoms with Gasteiger partial charge in [-0.3, -0.25) is 14.8 Å². The molecular weight excluding hydrogens is 365 g/mol. The lowest BCUT2D eigenvalue weighted by Crippen LogP contribution is -2.34. The highest BCUT2D eigenvalue weighted by molar-refractivity contribution is 6.39. The molecule has 2 N–H and O–H groups in total.